The van der Waals surface area contributed by atoms with E-state index in [2.05, 4.69) is 20.9 Å². The number of nitrogens with zero attached hydrogens (tertiary/aromatic N) is 4. The van der Waals surface area contributed by atoms with Crippen molar-refractivity contribution in [3.05, 3.63) is 35.5 Å². The summed E-state index contributed by atoms with van der Waals surface area (Å²) in [7, 11) is 0. The van der Waals surface area contributed by atoms with Crippen molar-refractivity contribution in [1.29, 1.82) is 5.26 Å². The molecule has 0 saturated carbocycles. The van der Waals surface area contributed by atoms with Gasteiger partial charge in [0.2, 0.25) is 5.88 Å². The number of hydrogen-bond donors (Lipinski definition) is 0. The molecule has 0 aromatic carbocycles. The van der Waals surface area contributed by atoms with Crippen molar-refractivity contribution in [1.82, 2.24) is 9.97 Å². The molecule has 1 aliphatic rings. The van der Waals surface area contributed by atoms with Gasteiger partial charge in [0.1, 0.15) is 11.6 Å². The molecule has 0 aliphatic carbocycles. The Bertz CT molecular complexity index is 615. The average molecular weight is 300 g/mol. The van der Waals surface area contributed by atoms with E-state index < -0.39 is 0 Å². The number of rotatable bonds is 4. The summed E-state index contributed by atoms with van der Waals surface area (Å²) in [6, 6.07) is 5.58. The highest BCUT2D eigenvalue weighted by atomic mass is 32.1. The SMILES string of the molecule is N#Cc1cccnc1OCC1CCN(c2nccs2)CC1. The molecule has 0 bridgehead atoms. The zero-order valence-electron chi connectivity index (χ0n) is 11.6. The number of piperidine rings is 1. The Morgan fingerprint density at radius 2 is 2.19 bits per heavy atom. The maximum Gasteiger partial charge on any atom is 0.231 e. The van der Waals surface area contributed by atoms with Crippen LogP contribution in [0.2, 0.25) is 0 Å². The zero-order chi connectivity index (χ0) is 14.5. The van der Waals surface area contributed by atoms with E-state index in [1.54, 1.807) is 29.7 Å². The molecule has 108 valence electrons. The fourth-order valence-corrected chi connectivity index (χ4v) is 3.15. The molecule has 0 unspecified atom stereocenters. The van der Waals surface area contributed by atoms with Crippen LogP contribution < -0.4 is 9.64 Å². The van der Waals surface area contributed by atoms with Gasteiger partial charge in [-0.3, -0.25) is 0 Å². The Morgan fingerprint density at radius 3 is 2.90 bits per heavy atom. The summed E-state index contributed by atoms with van der Waals surface area (Å²) in [6.45, 7) is 2.64. The van der Waals surface area contributed by atoms with Crippen LogP contribution in [0.15, 0.2) is 29.9 Å². The molecule has 2 aromatic rings. The number of aromatic nitrogens is 2. The van der Waals surface area contributed by atoms with Crippen LogP contribution in [0.3, 0.4) is 0 Å². The minimum absolute atomic E-state index is 0.447. The quantitative estimate of drug-likeness (QED) is 0.868. The van der Waals surface area contributed by atoms with Crippen molar-refractivity contribution in [2.75, 3.05) is 24.6 Å². The third kappa shape index (κ3) is 3.31. The van der Waals surface area contributed by atoms with Crippen LogP contribution in [0, 0.1) is 17.2 Å². The van der Waals surface area contributed by atoms with Gasteiger partial charge in [0.05, 0.1) is 6.61 Å². The number of pyridine rings is 1. The lowest BCUT2D eigenvalue weighted by molar-refractivity contribution is 0.215. The minimum Gasteiger partial charge on any atom is -0.476 e. The number of thiazole rings is 1. The van der Waals surface area contributed by atoms with Crippen LogP contribution >= 0.6 is 11.3 Å². The highest BCUT2D eigenvalue weighted by Crippen LogP contribution is 2.25. The largest absolute Gasteiger partial charge is 0.476 e. The number of hydrogen-bond acceptors (Lipinski definition) is 6. The maximum atomic E-state index is 9.01. The molecule has 1 saturated heterocycles. The molecule has 0 spiro atoms. The van der Waals surface area contributed by atoms with Crippen molar-refractivity contribution < 1.29 is 4.74 Å². The van der Waals surface area contributed by atoms with Gasteiger partial charge < -0.3 is 9.64 Å². The molecular weight excluding hydrogens is 284 g/mol. The summed E-state index contributed by atoms with van der Waals surface area (Å²) in [5.41, 5.74) is 0.498. The van der Waals surface area contributed by atoms with E-state index >= 15 is 0 Å². The average Bonchev–Trinajstić information content (AvgIpc) is 3.08. The third-order valence-electron chi connectivity index (χ3n) is 3.65. The first kappa shape index (κ1) is 13.8. The third-order valence-corrected chi connectivity index (χ3v) is 4.48. The molecule has 2 aromatic heterocycles. The second-order valence-electron chi connectivity index (χ2n) is 5.02. The van der Waals surface area contributed by atoms with Crippen LogP contribution in [-0.2, 0) is 0 Å². The van der Waals surface area contributed by atoms with Gasteiger partial charge in [0.15, 0.2) is 5.13 Å². The van der Waals surface area contributed by atoms with E-state index in [1.165, 1.54) is 0 Å². The Hall–Kier alpha value is -2.13. The predicted octanol–water partition coefficient (Wildman–Crippen LogP) is 2.71. The molecular formula is C15H16N4OS. The molecule has 3 heterocycles. The fourth-order valence-electron chi connectivity index (χ4n) is 2.45. The molecule has 0 radical (unpaired) electrons. The summed E-state index contributed by atoms with van der Waals surface area (Å²) in [6.07, 6.45) is 5.66. The second-order valence-corrected chi connectivity index (χ2v) is 5.90. The lowest BCUT2D eigenvalue weighted by Gasteiger charge is -2.31. The zero-order valence-corrected chi connectivity index (χ0v) is 12.4. The second kappa shape index (κ2) is 6.55. The smallest absolute Gasteiger partial charge is 0.231 e. The van der Waals surface area contributed by atoms with Gasteiger partial charge in [-0.1, -0.05) is 0 Å². The van der Waals surface area contributed by atoms with Gasteiger partial charge in [-0.05, 0) is 30.9 Å². The first-order chi connectivity index (χ1) is 10.4. The van der Waals surface area contributed by atoms with Gasteiger partial charge in [-0.2, -0.15) is 5.26 Å². The summed E-state index contributed by atoms with van der Waals surface area (Å²) < 4.78 is 5.73. The predicted molar refractivity (Wildman–Crippen MR) is 81.5 cm³/mol. The van der Waals surface area contributed by atoms with Crippen molar-refractivity contribution in [3.63, 3.8) is 0 Å². The number of anilines is 1. The van der Waals surface area contributed by atoms with Crippen LogP contribution in [-0.4, -0.2) is 29.7 Å². The Balaban J connectivity index is 1.51. The molecule has 0 atom stereocenters. The van der Waals surface area contributed by atoms with E-state index in [1.807, 2.05) is 11.6 Å². The van der Waals surface area contributed by atoms with Gasteiger partial charge in [-0.25, -0.2) is 9.97 Å². The van der Waals surface area contributed by atoms with Crippen LogP contribution in [0.25, 0.3) is 0 Å². The van der Waals surface area contributed by atoms with Crippen LogP contribution in [0.4, 0.5) is 5.13 Å². The van der Waals surface area contributed by atoms with Crippen molar-refractivity contribution >= 4 is 16.5 Å². The summed E-state index contributed by atoms with van der Waals surface area (Å²) in [5.74, 6) is 0.956. The van der Waals surface area contributed by atoms with Gasteiger partial charge in [-0.15, -0.1) is 11.3 Å². The monoisotopic (exact) mass is 300 g/mol. The van der Waals surface area contributed by atoms with E-state index in [4.69, 9.17) is 10.00 Å². The highest BCUT2D eigenvalue weighted by molar-refractivity contribution is 7.13. The first-order valence-electron chi connectivity index (χ1n) is 6.99. The Morgan fingerprint density at radius 1 is 1.33 bits per heavy atom. The number of ether oxygens (including phenoxy) is 1. The fraction of sp³-hybridized carbons (Fsp3) is 0.400. The van der Waals surface area contributed by atoms with Crippen LogP contribution in [0.1, 0.15) is 18.4 Å². The lowest BCUT2D eigenvalue weighted by atomic mass is 9.98. The summed E-state index contributed by atoms with van der Waals surface area (Å²) in [5, 5.41) is 12.1. The molecule has 5 nitrogen and oxygen atoms in total. The van der Waals surface area contributed by atoms with Gasteiger partial charge in [0.25, 0.3) is 0 Å². The van der Waals surface area contributed by atoms with Crippen molar-refractivity contribution in [2.45, 2.75) is 12.8 Å². The standard InChI is InChI=1S/C15H16N4OS/c16-10-13-2-1-5-17-14(13)20-11-12-3-7-19(8-4-12)15-18-6-9-21-15/h1-2,5-6,9,12H,3-4,7-8,11H2. The first-order valence-corrected chi connectivity index (χ1v) is 7.87. The Kier molecular flexibility index (Phi) is 4.31. The molecule has 1 fully saturated rings. The lowest BCUT2D eigenvalue weighted by Crippen LogP contribution is -2.35. The summed E-state index contributed by atoms with van der Waals surface area (Å²) in [4.78, 5) is 10.8. The topological polar surface area (TPSA) is 62.0 Å². The molecule has 3 rings (SSSR count). The minimum atomic E-state index is 0.447. The van der Waals surface area contributed by atoms with Crippen LogP contribution in [0.5, 0.6) is 5.88 Å². The molecule has 6 heteroatoms. The maximum absolute atomic E-state index is 9.01. The van der Waals surface area contributed by atoms with Gasteiger partial charge >= 0.3 is 0 Å². The van der Waals surface area contributed by atoms with E-state index in [9.17, 15) is 0 Å². The van der Waals surface area contributed by atoms with Crippen molar-refractivity contribution in [3.8, 4) is 11.9 Å². The normalized spacial score (nSPS) is 15.7. The summed E-state index contributed by atoms with van der Waals surface area (Å²) >= 11 is 1.68. The Labute approximate surface area is 127 Å². The molecule has 0 amide bonds. The highest BCUT2D eigenvalue weighted by Gasteiger charge is 2.21. The van der Waals surface area contributed by atoms with Gasteiger partial charge in [0, 0.05) is 30.9 Å². The van der Waals surface area contributed by atoms with Crippen molar-refractivity contribution in [2.24, 2.45) is 5.92 Å². The van der Waals surface area contributed by atoms with E-state index in [0.29, 0.717) is 24.0 Å². The van der Waals surface area contributed by atoms with E-state index in [-0.39, 0.29) is 0 Å². The molecule has 0 N–H and O–H groups in total. The molecule has 21 heavy (non-hydrogen) atoms. The van der Waals surface area contributed by atoms with E-state index in [0.717, 1.165) is 31.1 Å². The number of nitriles is 1. The molecule has 1 aliphatic heterocycles.